The maximum atomic E-state index is 12.3. The number of hydrogen-bond donors (Lipinski definition) is 0. The molecule has 33 heavy (non-hydrogen) atoms. The molecule has 1 amide bonds. The normalized spacial score (nSPS) is 30.0. The van der Waals surface area contributed by atoms with E-state index in [1.165, 1.54) is 0 Å². The summed E-state index contributed by atoms with van der Waals surface area (Å²) >= 11 is 0. The molecule has 2 aliphatic heterocycles. The van der Waals surface area contributed by atoms with Crippen LogP contribution < -0.4 is 4.90 Å². The van der Waals surface area contributed by atoms with E-state index < -0.39 is 16.3 Å². The minimum atomic E-state index is -0.791. The first-order valence-electron chi connectivity index (χ1n) is 10.7. The molecule has 2 aromatic heterocycles. The molecule has 10 heteroatoms. The van der Waals surface area contributed by atoms with Crippen LogP contribution in [0.25, 0.3) is 16.0 Å². The van der Waals surface area contributed by atoms with E-state index in [0.717, 1.165) is 22.5 Å². The molecule has 3 aliphatic rings. The summed E-state index contributed by atoms with van der Waals surface area (Å²) < 4.78 is 18.8. The monoisotopic (exact) mass is 460 g/mol. The van der Waals surface area contributed by atoms with Gasteiger partial charge in [0.15, 0.2) is 0 Å². The van der Waals surface area contributed by atoms with Crippen LogP contribution in [0.4, 0.5) is 10.5 Å². The lowest BCUT2D eigenvalue weighted by Crippen LogP contribution is -2.26. The van der Waals surface area contributed by atoms with Crippen LogP contribution in [0.2, 0.25) is 0 Å². The molecule has 0 spiro atoms. The summed E-state index contributed by atoms with van der Waals surface area (Å²) in [7, 11) is -0.791. The lowest BCUT2D eigenvalue weighted by atomic mass is 10.0. The Morgan fingerprint density at radius 3 is 2.55 bits per heavy atom. The largest absolute Gasteiger partial charge is 0.442 e. The summed E-state index contributed by atoms with van der Waals surface area (Å²) in [6.45, 7) is 8.62. The third kappa shape index (κ3) is 3.23. The smallest absolute Gasteiger partial charge is 0.414 e. The van der Waals surface area contributed by atoms with Crippen LogP contribution in [-0.2, 0) is 27.6 Å². The van der Waals surface area contributed by atoms with Crippen molar-refractivity contribution in [3.8, 4) is 11.1 Å². The van der Waals surface area contributed by atoms with Crippen LogP contribution >= 0.6 is 0 Å². The molecular weight excluding hydrogens is 440 g/mol. The summed E-state index contributed by atoms with van der Waals surface area (Å²) in [5, 5.41) is 7.69. The van der Waals surface area contributed by atoms with Crippen LogP contribution in [-0.4, -0.2) is 54.4 Å². The summed E-state index contributed by atoms with van der Waals surface area (Å²) in [6.07, 6.45) is 4.46. The molecule has 3 aromatic rings. The number of fused-ring (bicyclic) bond motifs is 1. The summed E-state index contributed by atoms with van der Waals surface area (Å²) in [6, 6.07) is 11.6. The maximum Gasteiger partial charge on any atom is 0.414 e. The number of aromatic nitrogens is 4. The summed E-state index contributed by atoms with van der Waals surface area (Å²) in [5.41, 5.74) is 2.86. The molecule has 166 valence electrons. The Morgan fingerprint density at radius 2 is 1.91 bits per heavy atom. The number of hydrogen-bond acceptors (Lipinski definition) is 6. The van der Waals surface area contributed by atoms with Gasteiger partial charge in [-0.15, -0.1) is 5.10 Å². The number of benzene rings is 1. The molecule has 0 bridgehead atoms. The third-order valence-corrected chi connectivity index (χ3v) is 8.31. The fourth-order valence-corrected chi connectivity index (χ4v) is 6.99. The number of ether oxygens (including phenoxy) is 1. The Balaban J connectivity index is 1.16. The van der Waals surface area contributed by atoms with Crippen molar-refractivity contribution in [3.63, 3.8) is 0 Å². The highest BCUT2D eigenvalue weighted by molar-refractivity contribution is 7.85. The minimum Gasteiger partial charge on any atom is -0.442 e. The number of anilines is 1. The fraction of sp³-hybridized carbons (Fsp3) is 0.348. The molecule has 2 unspecified atom stereocenters. The van der Waals surface area contributed by atoms with Crippen molar-refractivity contribution >= 4 is 22.6 Å². The molecule has 1 aliphatic carbocycles. The zero-order valence-corrected chi connectivity index (χ0v) is 18.4. The first kappa shape index (κ1) is 20.1. The molecule has 1 aromatic carbocycles. The lowest BCUT2D eigenvalue weighted by molar-refractivity contribution is 0.129. The van der Waals surface area contributed by atoms with Gasteiger partial charge >= 0.3 is 6.09 Å². The average molecular weight is 461 g/mol. The van der Waals surface area contributed by atoms with Crippen LogP contribution in [0.3, 0.4) is 0 Å². The lowest BCUT2D eigenvalue weighted by Gasteiger charge is -2.14. The van der Waals surface area contributed by atoms with Crippen LogP contribution in [0.15, 0.2) is 55.0 Å². The number of cyclic esters (lactones) is 1. The van der Waals surface area contributed by atoms with Gasteiger partial charge in [0, 0.05) is 45.9 Å². The van der Waals surface area contributed by atoms with E-state index in [-0.39, 0.29) is 24.0 Å². The SMILES string of the molecule is [C-]#[N+]C1(c2ccc(-c3ccc(N4C[C@H](Cn5ccnn5)OC4=O)cc3)cn2)[C@@H]2CS(=O)C[C@@H]21. The van der Waals surface area contributed by atoms with Gasteiger partial charge in [-0.3, -0.25) is 14.1 Å². The van der Waals surface area contributed by atoms with Crippen molar-refractivity contribution in [2.45, 2.75) is 18.2 Å². The van der Waals surface area contributed by atoms with E-state index in [1.54, 1.807) is 28.2 Å². The zero-order valence-electron chi connectivity index (χ0n) is 17.6. The Kier molecular flexibility index (Phi) is 4.55. The Hall–Kier alpha value is -3.58. The van der Waals surface area contributed by atoms with E-state index in [1.807, 2.05) is 36.4 Å². The number of carbonyl (C=O) groups is 1. The maximum absolute atomic E-state index is 12.3. The highest BCUT2D eigenvalue weighted by Crippen LogP contribution is 2.64. The molecule has 0 radical (unpaired) electrons. The van der Waals surface area contributed by atoms with Crippen molar-refractivity contribution in [2.24, 2.45) is 11.8 Å². The second-order valence-electron chi connectivity index (χ2n) is 8.64. The van der Waals surface area contributed by atoms with Gasteiger partial charge < -0.3 is 9.58 Å². The van der Waals surface area contributed by atoms with Crippen molar-refractivity contribution in [1.29, 1.82) is 0 Å². The van der Waals surface area contributed by atoms with E-state index in [0.29, 0.717) is 24.6 Å². The van der Waals surface area contributed by atoms with Gasteiger partial charge in [-0.25, -0.2) is 16.0 Å². The molecule has 9 nitrogen and oxygen atoms in total. The van der Waals surface area contributed by atoms with E-state index in [9.17, 15) is 9.00 Å². The molecule has 4 heterocycles. The second kappa shape index (κ2) is 7.49. The number of nitrogens with zero attached hydrogens (tertiary/aromatic N) is 6. The van der Waals surface area contributed by atoms with Gasteiger partial charge in [0.1, 0.15) is 11.8 Å². The van der Waals surface area contributed by atoms with E-state index in [4.69, 9.17) is 11.3 Å². The van der Waals surface area contributed by atoms with E-state index in [2.05, 4.69) is 20.1 Å². The third-order valence-electron chi connectivity index (χ3n) is 6.85. The molecule has 1 saturated carbocycles. The van der Waals surface area contributed by atoms with Crippen molar-refractivity contribution in [3.05, 3.63) is 72.1 Å². The molecule has 3 fully saturated rings. The highest BCUT2D eigenvalue weighted by Gasteiger charge is 2.77. The summed E-state index contributed by atoms with van der Waals surface area (Å²) in [4.78, 5) is 22.5. The predicted molar refractivity (Wildman–Crippen MR) is 120 cm³/mol. The first-order chi connectivity index (χ1) is 16.1. The van der Waals surface area contributed by atoms with Gasteiger partial charge in [0.25, 0.3) is 5.54 Å². The molecule has 0 N–H and O–H groups in total. The topological polar surface area (TPSA) is 94.6 Å². The standard InChI is InChI=1S/C23H20N6O3S/c1-24-23(19-13-33(31)14-20(19)23)21-7-4-16(10-25-21)15-2-5-17(6-3-15)29-12-18(32-22(29)30)11-28-9-8-26-27-28/h2-10,18-20H,11-14H2/t18-,19-,20+,23?,33?/m0/s1. The Bertz CT molecular complexity index is 1260. The first-order valence-corrected chi connectivity index (χ1v) is 12.2. The number of pyridine rings is 1. The number of rotatable bonds is 5. The molecule has 2 saturated heterocycles. The van der Waals surface area contributed by atoms with Gasteiger partial charge in [-0.2, -0.15) is 0 Å². The van der Waals surface area contributed by atoms with Crippen molar-refractivity contribution < 1.29 is 13.7 Å². The van der Waals surface area contributed by atoms with E-state index >= 15 is 0 Å². The molecule has 5 atom stereocenters. The molecule has 6 rings (SSSR count). The predicted octanol–water partition coefficient (Wildman–Crippen LogP) is 2.49. The van der Waals surface area contributed by atoms with Gasteiger partial charge in [0.05, 0.1) is 31.1 Å². The minimum absolute atomic E-state index is 0.169. The molecular formula is C23H20N6O3S. The van der Waals surface area contributed by atoms with Crippen molar-refractivity contribution in [1.82, 2.24) is 20.0 Å². The average Bonchev–Trinajstić information content (AvgIpc) is 3.31. The summed E-state index contributed by atoms with van der Waals surface area (Å²) in [5.74, 6) is 1.55. The Labute approximate surface area is 192 Å². The van der Waals surface area contributed by atoms with Crippen molar-refractivity contribution in [2.75, 3.05) is 23.0 Å². The number of carbonyl (C=O) groups excluding carboxylic acids is 1. The van der Waals surface area contributed by atoms with Crippen LogP contribution in [0.1, 0.15) is 5.69 Å². The fourth-order valence-electron chi connectivity index (χ4n) is 5.08. The van der Waals surface area contributed by atoms with Gasteiger partial charge in [0.2, 0.25) is 0 Å². The zero-order chi connectivity index (χ0) is 22.6. The Morgan fingerprint density at radius 1 is 1.15 bits per heavy atom. The van der Waals surface area contributed by atoms with Gasteiger partial charge in [-0.05, 0) is 23.8 Å². The number of amides is 1. The van der Waals surface area contributed by atoms with Crippen LogP contribution in [0, 0.1) is 18.4 Å². The van der Waals surface area contributed by atoms with Crippen LogP contribution in [0.5, 0.6) is 0 Å². The highest BCUT2D eigenvalue weighted by atomic mass is 32.2. The second-order valence-corrected chi connectivity index (χ2v) is 10.2. The quantitative estimate of drug-likeness (QED) is 0.543. The van der Waals surface area contributed by atoms with Gasteiger partial charge in [-0.1, -0.05) is 23.4 Å².